The Kier molecular flexibility index (Phi) is 8.20. The van der Waals surface area contributed by atoms with E-state index >= 15 is 0 Å². The number of rotatable bonds is 9. The monoisotopic (exact) mass is 548 g/mol. The molecule has 7 nitrogen and oxygen atoms in total. The van der Waals surface area contributed by atoms with E-state index in [1.165, 1.54) is 23.3 Å². The van der Waals surface area contributed by atoms with E-state index < -0.39 is 11.2 Å². The highest BCUT2D eigenvalue weighted by Crippen LogP contribution is 2.39. The van der Waals surface area contributed by atoms with Crippen LogP contribution in [0.1, 0.15) is 31.9 Å². The van der Waals surface area contributed by atoms with Crippen LogP contribution in [0.2, 0.25) is 0 Å². The summed E-state index contributed by atoms with van der Waals surface area (Å²) >= 11 is 1.58. The second-order valence-electron chi connectivity index (χ2n) is 10.6. The quantitative estimate of drug-likeness (QED) is 0.274. The Balaban J connectivity index is 1.30. The van der Waals surface area contributed by atoms with E-state index in [9.17, 15) is 9.18 Å². The zero-order valence-corrected chi connectivity index (χ0v) is 23.3. The second kappa shape index (κ2) is 11.8. The number of nitrogens with one attached hydrogen (secondary N) is 2. The maximum absolute atomic E-state index is 14.2. The first-order valence-corrected chi connectivity index (χ1v) is 14.0. The van der Waals surface area contributed by atoms with Gasteiger partial charge in [-0.3, -0.25) is 4.79 Å². The highest BCUT2D eigenvalue weighted by molar-refractivity contribution is 7.17. The normalized spacial score (nSPS) is 13.3. The van der Waals surface area contributed by atoms with Crippen molar-refractivity contribution in [2.75, 3.05) is 32.9 Å². The topological polar surface area (TPSA) is 85.4 Å². The highest BCUT2D eigenvalue weighted by atomic mass is 32.1. The smallest absolute Gasteiger partial charge is 0.225 e. The molecule has 0 spiro atoms. The molecule has 204 valence electrons. The number of carbonyl (C=O) groups is 1. The zero-order chi connectivity index (χ0) is 27.4. The van der Waals surface area contributed by atoms with Crippen molar-refractivity contribution in [2.45, 2.75) is 33.7 Å². The Morgan fingerprint density at radius 2 is 1.90 bits per heavy atom. The molecule has 1 aliphatic heterocycles. The average Bonchev–Trinajstić information content (AvgIpc) is 3.42. The van der Waals surface area contributed by atoms with E-state index in [2.05, 4.69) is 45.1 Å². The Labute approximate surface area is 231 Å². The number of benzene rings is 2. The molecule has 0 unspecified atom stereocenters. The molecular formula is C30H33FN4O3S. The number of carbonyl (C=O) groups excluding carboxylic acids is 1. The van der Waals surface area contributed by atoms with Crippen LogP contribution >= 0.6 is 11.3 Å². The molecule has 1 amide bonds. The predicted octanol–water partition coefficient (Wildman–Crippen LogP) is 5.37. The van der Waals surface area contributed by atoms with Crippen LogP contribution in [0.25, 0.3) is 32.6 Å². The molecule has 1 aliphatic rings. The fraction of sp³-hybridized carbons (Fsp3) is 0.367. The van der Waals surface area contributed by atoms with Gasteiger partial charge in [0.25, 0.3) is 0 Å². The van der Waals surface area contributed by atoms with Crippen LogP contribution in [0.15, 0.2) is 47.8 Å². The van der Waals surface area contributed by atoms with Gasteiger partial charge in [0.2, 0.25) is 5.91 Å². The predicted molar refractivity (Wildman–Crippen MR) is 152 cm³/mol. The summed E-state index contributed by atoms with van der Waals surface area (Å²) < 4.78 is 26.7. The number of halogens is 1. The SMILES string of the molecule is CC(C)(C)C(=O)NCCOCCOc1cc(F)ccc1-c1nnc(-c2ccc3c(c2)CCNC3)c2ccsc12. The van der Waals surface area contributed by atoms with Crippen molar-refractivity contribution in [1.29, 1.82) is 0 Å². The summed E-state index contributed by atoms with van der Waals surface area (Å²) in [6.45, 7) is 8.76. The lowest BCUT2D eigenvalue weighted by atomic mass is 9.96. The number of hydrogen-bond acceptors (Lipinski definition) is 7. The minimum Gasteiger partial charge on any atom is -0.490 e. The first-order chi connectivity index (χ1) is 18.8. The number of fused-ring (bicyclic) bond motifs is 2. The number of aromatic nitrogens is 2. The van der Waals surface area contributed by atoms with Gasteiger partial charge in [-0.05, 0) is 53.7 Å². The minimum absolute atomic E-state index is 0.0253. The lowest BCUT2D eigenvalue weighted by Gasteiger charge is -2.18. The van der Waals surface area contributed by atoms with E-state index in [4.69, 9.17) is 9.47 Å². The average molecular weight is 549 g/mol. The van der Waals surface area contributed by atoms with Crippen LogP contribution in [0.3, 0.4) is 0 Å². The molecule has 0 saturated carbocycles. The first-order valence-electron chi connectivity index (χ1n) is 13.2. The van der Waals surface area contributed by atoms with Gasteiger partial charge in [0, 0.05) is 41.1 Å². The molecule has 4 aromatic rings. The second-order valence-corrected chi connectivity index (χ2v) is 11.5. The molecule has 2 N–H and O–H groups in total. The number of thiophene rings is 1. The van der Waals surface area contributed by atoms with E-state index in [0.29, 0.717) is 36.8 Å². The molecular weight excluding hydrogens is 515 g/mol. The van der Waals surface area contributed by atoms with Crippen LogP contribution in [0.4, 0.5) is 4.39 Å². The summed E-state index contributed by atoms with van der Waals surface area (Å²) in [6, 6.07) is 13.0. The van der Waals surface area contributed by atoms with Crippen LogP contribution in [-0.4, -0.2) is 49.0 Å². The number of hydrogen-bond donors (Lipinski definition) is 2. The number of amides is 1. The van der Waals surface area contributed by atoms with Crippen molar-refractivity contribution in [3.8, 4) is 28.3 Å². The van der Waals surface area contributed by atoms with Gasteiger partial charge in [0.1, 0.15) is 29.6 Å². The molecule has 5 rings (SSSR count). The van der Waals surface area contributed by atoms with Crippen molar-refractivity contribution >= 4 is 27.3 Å². The molecule has 0 atom stereocenters. The highest BCUT2D eigenvalue weighted by Gasteiger charge is 2.21. The van der Waals surface area contributed by atoms with Gasteiger partial charge in [-0.2, -0.15) is 0 Å². The van der Waals surface area contributed by atoms with Gasteiger partial charge in [-0.15, -0.1) is 21.5 Å². The van der Waals surface area contributed by atoms with Gasteiger partial charge in [0.05, 0.1) is 17.9 Å². The van der Waals surface area contributed by atoms with E-state index in [0.717, 1.165) is 40.9 Å². The summed E-state index contributed by atoms with van der Waals surface area (Å²) in [4.78, 5) is 11.9. The summed E-state index contributed by atoms with van der Waals surface area (Å²) in [5.74, 6) is -0.0320. The molecule has 2 aromatic carbocycles. The Bertz CT molecular complexity index is 1480. The largest absolute Gasteiger partial charge is 0.490 e. The van der Waals surface area contributed by atoms with Crippen molar-refractivity contribution in [3.05, 3.63) is 64.8 Å². The van der Waals surface area contributed by atoms with E-state index in [1.807, 2.05) is 26.2 Å². The fourth-order valence-electron chi connectivity index (χ4n) is 4.52. The minimum atomic E-state index is -0.440. The molecule has 3 heterocycles. The van der Waals surface area contributed by atoms with Gasteiger partial charge in [0.15, 0.2) is 0 Å². The van der Waals surface area contributed by atoms with Gasteiger partial charge in [-0.1, -0.05) is 32.9 Å². The fourth-order valence-corrected chi connectivity index (χ4v) is 5.41. The molecule has 0 radical (unpaired) electrons. The summed E-state index contributed by atoms with van der Waals surface area (Å²) in [5.41, 5.74) is 5.45. The molecule has 0 bridgehead atoms. The maximum Gasteiger partial charge on any atom is 0.225 e. The van der Waals surface area contributed by atoms with Crippen LogP contribution < -0.4 is 15.4 Å². The molecule has 9 heteroatoms. The van der Waals surface area contributed by atoms with E-state index in [1.54, 1.807) is 17.4 Å². The van der Waals surface area contributed by atoms with Gasteiger partial charge in [-0.25, -0.2) is 4.39 Å². The lowest BCUT2D eigenvalue weighted by Crippen LogP contribution is -2.36. The van der Waals surface area contributed by atoms with Crippen LogP contribution in [-0.2, 0) is 22.5 Å². The van der Waals surface area contributed by atoms with Crippen molar-refractivity contribution in [3.63, 3.8) is 0 Å². The van der Waals surface area contributed by atoms with E-state index in [-0.39, 0.29) is 12.5 Å². The molecule has 0 fully saturated rings. The molecule has 0 saturated heterocycles. The molecule has 39 heavy (non-hydrogen) atoms. The summed E-state index contributed by atoms with van der Waals surface area (Å²) in [5, 5.41) is 18.5. The molecule has 2 aromatic heterocycles. The third-order valence-electron chi connectivity index (χ3n) is 6.65. The standard InChI is InChI=1S/C30H33FN4O3S/c1-30(2,3)29(36)33-11-12-37-13-14-38-25-17-22(31)6-7-23(25)27-28-24(9-15-39-28)26(34-35-27)20-4-5-21-18-32-10-8-19(21)16-20/h4-7,9,15-17,32H,8,10-14,18H2,1-3H3,(H,33,36). The van der Waals surface area contributed by atoms with Crippen molar-refractivity contribution in [1.82, 2.24) is 20.8 Å². The van der Waals surface area contributed by atoms with Crippen LogP contribution in [0, 0.1) is 11.2 Å². The number of ether oxygens (including phenoxy) is 2. The maximum atomic E-state index is 14.2. The lowest BCUT2D eigenvalue weighted by molar-refractivity contribution is -0.128. The van der Waals surface area contributed by atoms with Crippen molar-refractivity contribution < 1.29 is 18.7 Å². The number of nitrogens with zero attached hydrogens (tertiary/aromatic N) is 2. The summed E-state index contributed by atoms with van der Waals surface area (Å²) in [6.07, 6.45) is 0.993. The van der Waals surface area contributed by atoms with Crippen molar-refractivity contribution in [2.24, 2.45) is 5.41 Å². The Morgan fingerprint density at radius 3 is 2.74 bits per heavy atom. The molecule has 0 aliphatic carbocycles. The third-order valence-corrected chi connectivity index (χ3v) is 7.57. The Hall–Kier alpha value is -3.40. The van der Waals surface area contributed by atoms with Gasteiger partial charge < -0.3 is 20.1 Å². The summed E-state index contributed by atoms with van der Waals surface area (Å²) in [7, 11) is 0. The van der Waals surface area contributed by atoms with Gasteiger partial charge >= 0.3 is 0 Å². The van der Waals surface area contributed by atoms with Crippen LogP contribution in [0.5, 0.6) is 5.75 Å². The Morgan fingerprint density at radius 1 is 1.05 bits per heavy atom. The zero-order valence-electron chi connectivity index (χ0n) is 22.5. The third kappa shape index (κ3) is 6.27. The first kappa shape index (κ1) is 27.2.